The average molecular weight is 433 g/mol. The third-order valence-electron chi connectivity index (χ3n) is 4.23. The van der Waals surface area contributed by atoms with Gasteiger partial charge in [0.2, 0.25) is 0 Å². The zero-order valence-electron chi connectivity index (χ0n) is 14.2. The molecule has 1 aliphatic carbocycles. The van der Waals surface area contributed by atoms with E-state index in [1.807, 2.05) is 18.2 Å². The summed E-state index contributed by atoms with van der Waals surface area (Å²) in [5.41, 5.74) is 6.78. The normalized spacial score (nSPS) is 21.3. The molecule has 0 aromatic heterocycles. The van der Waals surface area contributed by atoms with Gasteiger partial charge in [0.25, 0.3) is 0 Å². The van der Waals surface area contributed by atoms with Crippen LogP contribution in [0.3, 0.4) is 0 Å². The summed E-state index contributed by atoms with van der Waals surface area (Å²) in [5, 5.41) is 3.11. The van der Waals surface area contributed by atoms with Crippen molar-refractivity contribution >= 4 is 35.6 Å². The summed E-state index contributed by atoms with van der Waals surface area (Å²) in [6, 6.07) is 5.54. The molecule has 1 aromatic rings. The van der Waals surface area contributed by atoms with Crippen molar-refractivity contribution in [3.05, 3.63) is 18.2 Å². The fourth-order valence-electron chi connectivity index (χ4n) is 3.04. The zero-order valence-corrected chi connectivity index (χ0v) is 16.5. The molecule has 0 aliphatic heterocycles. The van der Waals surface area contributed by atoms with Crippen LogP contribution >= 0.6 is 24.0 Å². The number of anilines is 1. The first-order valence-electron chi connectivity index (χ1n) is 7.91. The predicted molar refractivity (Wildman–Crippen MR) is 106 cm³/mol. The SMILES string of the molecule is COc1ccc(OC)c(NC(N)=NCC2CCCC(C)C2)c1.I. The van der Waals surface area contributed by atoms with Crippen molar-refractivity contribution in [2.75, 3.05) is 26.1 Å². The number of nitrogens with one attached hydrogen (secondary N) is 1. The number of methoxy groups -OCH3 is 2. The molecule has 1 aromatic carbocycles. The lowest BCUT2D eigenvalue weighted by atomic mass is 9.82. The Morgan fingerprint density at radius 3 is 2.74 bits per heavy atom. The maximum atomic E-state index is 6.02. The molecule has 0 bridgehead atoms. The molecule has 5 nitrogen and oxygen atoms in total. The molecule has 0 amide bonds. The zero-order chi connectivity index (χ0) is 15.9. The summed E-state index contributed by atoms with van der Waals surface area (Å²) in [5.74, 6) is 3.34. The first-order valence-corrected chi connectivity index (χ1v) is 7.91. The van der Waals surface area contributed by atoms with Crippen LogP contribution < -0.4 is 20.5 Å². The molecule has 0 saturated heterocycles. The Balaban J connectivity index is 0.00000264. The molecular formula is C17H28IN3O2. The van der Waals surface area contributed by atoms with E-state index in [4.69, 9.17) is 15.2 Å². The second-order valence-corrected chi connectivity index (χ2v) is 6.05. The quantitative estimate of drug-likeness (QED) is 0.420. The molecule has 0 radical (unpaired) electrons. The van der Waals surface area contributed by atoms with Gasteiger partial charge in [0.15, 0.2) is 5.96 Å². The number of ether oxygens (including phenoxy) is 2. The van der Waals surface area contributed by atoms with Crippen molar-refractivity contribution in [1.82, 2.24) is 0 Å². The first-order chi connectivity index (χ1) is 10.6. The number of benzene rings is 1. The summed E-state index contributed by atoms with van der Waals surface area (Å²) in [4.78, 5) is 4.50. The van der Waals surface area contributed by atoms with Gasteiger partial charge in [-0.2, -0.15) is 0 Å². The molecular weight excluding hydrogens is 405 g/mol. The van der Waals surface area contributed by atoms with E-state index >= 15 is 0 Å². The molecule has 3 N–H and O–H groups in total. The highest BCUT2D eigenvalue weighted by Gasteiger charge is 2.18. The van der Waals surface area contributed by atoms with Crippen LogP contribution in [-0.2, 0) is 0 Å². The topological polar surface area (TPSA) is 68.9 Å². The maximum Gasteiger partial charge on any atom is 0.193 e. The fraction of sp³-hybridized carbons (Fsp3) is 0.588. The van der Waals surface area contributed by atoms with Gasteiger partial charge in [0, 0.05) is 12.6 Å². The highest BCUT2D eigenvalue weighted by atomic mass is 127. The number of aliphatic imine (C=N–C) groups is 1. The standard InChI is InChI=1S/C17H27N3O2.HI/c1-12-5-4-6-13(9-12)11-19-17(18)20-15-10-14(21-2)7-8-16(15)22-3;/h7-8,10,12-13H,4-6,9,11H2,1-3H3,(H3,18,19,20);1H. The molecule has 130 valence electrons. The molecule has 0 heterocycles. The monoisotopic (exact) mass is 433 g/mol. The van der Waals surface area contributed by atoms with E-state index < -0.39 is 0 Å². The van der Waals surface area contributed by atoms with Gasteiger partial charge < -0.3 is 20.5 Å². The van der Waals surface area contributed by atoms with Crippen LogP contribution in [0.25, 0.3) is 0 Å². The van der Waals surface area contributed by atoms with E-state index in [1.165, 1.54) is 25.7 Å². The number of nitrogens with zero attached hydrogens (tertiary/aromatic N) is 1. The van der Waals surface area contributed by atoms with Gasteiger partial charge >= 0.3 is 0 Å². The minimum absolute atomic E-state index is 0. The van der Waals surface area contributed by atoms with Gasteiger partial charge in [-0.25, -0.2) is 0 Å². The van der Waals surface area contributed by atoms with E-state index in [2.05, 4.69) is 17.2 Å². The van der Waals surface area contributed by atoms with Crippen molar-refractivity contribution < 1.29 is 9.47 Å². The average Bonchev–Trinajstić information content (AvgIpc) is 2.53. The largest absolute Gasteiger partial charge is 0.497 e. The van der Waals surface area contributed by atoms with E-state index in [-0.39, 0.29) is 24.0 Å². The minimum atomic E-state index is 0. The molecule has 1 fully saturated rings. The van der Waals surface area contributed by atoms with Crippen LogP contribution in [0.5, 0.6) is 11.5 Å². The van der Waals surface area contributed by atoms with Crippen molar-refractivity contribution in [3.8, 4) is 11.5 Å². The highest BCUT2D eigenvalue weighted by molar-refractivity contribution is 14.0. The number of guanidine groups is 1. The van der Waals surface area contributed by atoms with Gasteiger partial charge in [-0.05, 0) is 36.8 Å². The fourth-order valence-corrected chi connectivity index (χ4v) is 3.04. The minimum Gasteiger partial charge on any atom is -0.497 e. The predicted octanol–water partition coefficient (Wildman–Crippen LogP) is 3.87. The van der Waals surface area contributed by atoms with Crippen molar-refractivity contribution in [2.24, 2.45) is 22.6 Å². The summed E-state index contributed by atoms with van der Waals surface area (Å²) in [6.45, 7) is 3.11. The molecule has 2 unspecified atom stereocenters. The van der Waals surface area contributed by atoms with Crippen molar-refractivity contribution in [3.63, 3.8) is 0 Å². The second kappa shape index (κ2) is 9.85. The molecule has 1 aliphatic rings. The summed E-state index contributed by atoms with van der Waals surface area (Å²) in [6.07, 6.45) is 5.15. The molecule has 6 heteroatoms. The summed E-state index contributed by atoms with van der Waals surface area (Å²) < 4.78 is 10.6. The third-order valence-corrected chi connectivity index (χ3v) is 4.23. The van der Waals surface area contributed by atoms with Crippen LogP contribution in [0.4, 0.5) is 5.69 Å². The number of rotatable bonds is 5. The number of nitrogens with two attached hydrogens (primary N) is 1. The maximum absolute atomic E-state index is 6.02. The Bertz CT molecular complexity index is 523. The van der Waals surface area contributed by atoms with Crippen LogP contribution in [0.2, 0.25) is 0 Å². The third kappa shape index (κ3) is 6.08. The van der Waals surface area contributed by atoms with Gasteiger partial charge in [-0.1, -0.05) is 19.8 Å². The van der Waals surface area contributed by atoms with Gasteiger partial charge in [0.1, 0.15) is 11.5 Å². The summed E-state index contributed by atoms with van der Waals surface area (Å²) >= 11 is 0. The first kappa shape index (κ1) is 19.9. The highest BCUT2D eigenvalue weighted by Crippen LogP contribution is 2.30. The van der Waals surface area contributed by atoms with Gasteiger partial charge in [-0.15, -0.1) is 24.0 Å². The van der Waals surface area contributed by atoms with Gasteiger partial charge in [0.05, 0.1) is 19.9 Å². The van der Waals surface area contributed by atoms with Crippen LogP contribution in [0.1, 0.15) is 32.6 Å². The molecule has 2 atom stereocenters. The Hall–Kier alpha value is -1.18. The van der Waals surface area contributed by atoms with Gasteiger partial charge in [-0.3, -0.25) is 4.99 Å². The van der Waals surface area contributed by atoms with E-state index in [1.54, 1.807) is 14.2 Å². The lowest BCUT2D eigenvalue weighted by Gasteiger charge is -2.25. The smallest absolute Gasteiger partial charge is 0.193 e. The van der Waals surface area contributed by atoms with Crippen LogP contribution in [0, 0.1) is 11.8 Å². The molecule has 2 rings (SSSR count). The Morgan fingerprint density at radius 1 is 1.30 bits per heavy atom. The number of halogens is 1. The van der Waals surface area contributed by atoms with Crippen LogP contribution in [0.15, 0.2) is 23.2 Å². The van der Waals surface area contributed by atoms with E-state index in [0.29, 0.717) is 17.6 Å². The van der Waals surface area contributed by atoms with Crippen molar-refractivity contribution in [1.29, 1.82) is 0 Å². The second-order valence-electron chi connectivity index (χ2n) is 6.05. The van der Waals surface area contributed by atoms with Crippen LogP contribution in [-0.4, -0.2) is 26.7 Å². The Morgan fingerprint density at radius 2 is 2.09 bits per heavy atom. The number of hydrogen-bond acceptors (Lipinski definition) is 3. The summed E-state index contributed by atoms with van der Waals surface area (Å²) in [7, 11) is 3.26. The van der Waals surface area contributed by atoms with E-state index in [0.717, 1.165) is 23.9 Å². The Kier molecular flexibility index (Phi) is 8.51. The molecule has 1 saturated carbocycles. The lowest BCUT2D eigenvalue weighted by Crippen LogP contribution is -2.25. The Labute approximate surface area is 156 Å². The molecule has 23 heavy (non-hydrogen) atoms. The lowest BCUT2D eigenvalue weighted by molar-refractivity contribution is 0.289. The van der Waals surface area contributed by atoms with Crippen molar-refractivity contribution in [2.45, 2.75) is 32.6 Å². The molecule has 0 spiro atoms. The number of hydrogen-bond donors (Lipinski definition) is 2. The van der Waals surface area contributed by atoms with E-state index in [9.17, 15) is 0 Å².